The van der Waals surface area contributed by atoms with E-state index < -0.39 is 21.2 Å². The quantitative estimate of drug-likeness (QED) is 0.523. The summed E-state index contributed by atoms with van der Waals surface area (Å²) in [6, 6.07) is 0. The molecule has 0 aliphatic rings. The minimum absolute atomic E-state index is 0.0185. The number of rotatable bonds is 4. The second-order valence-electron chi connectivity index (χ2n) is 3.15. The van der Waals surface area contributed by atoms with Crippen molar-refractivity contribution in [3.63, 3.8) is 0 Å². The molecule has 6 heteroatoms. The van der Waals surface area contributed by atoms with E-state index in [4.69, 9.17) is 16.0 Å². The largest absolute Gasteiger partial charge is 0.480 e. The molecule has 5 nitrogen and oxygen atoms in total. The summed E-state index contributed by atoms with van der Waals surface area (Å²) in [5.41, 5.74) is 4.19. The zero-order valence-corrected chi connectivity index (χ0v) is 8.63. The third-order valence-corrected chi connectivity index (χ3v) is 2.66. The predicted molar refractivity (Wildman–Crippen MR) is 53.8 cm³/mol. The van der Waals surface area contributed by atoms with Crippen LogP contribution in [0.25, 0.3) is 0 Å². The molecule has 0 saturated carbocycles. The Kier molecular flexibility index (Phi) is 3.89. The average molecular weight is 208 g/mol. The lowest BCUT2D eigenvalue weighted by Crippen LogP contribution is -2.48. The zero-order chi connectivity index (χ0) is 10.7. The van der Waals surface area contributed by atoms with Crippen LogP contribution in [0.2, 0.25) is 0 Å². The Labute approximate surface area is 78.2 Å². The zero-order valence-electron chi connectivity index (χ0n) is 7.82. The van der Waals surface area contributed by atoms with E-state index in [0.717, 1.165) is 0 Å². The van der Waals surface area contributed by atoms with E-state index in [1.54, 1.807) is 6.92 Å². The van der Waals surface area contributed by atoms with Gasteiger partial charge < -0.3 is 10.8 Å². The van der Waals surface area contributed by atoms with Gasteiger partial charge >= 0.3 is 5.97 Å². The molecule has 0 spiro atoms. The number of hydrogen-bond acceptors (Lipinski definition) is 3. The first-order valence-electron chi connectivity index (χ1n) is 3.84. The number of carboxylic acids is 1. The molecule has 0 radical (unpaired) electrons. The van der Waals surface area contributed by atoms with Crippen molar-refractivity contribution in [1.82, 2.24) is 0 Å². The molecule has 78 valence electrons. The Morgan fingerprint density at radius 3 is 2.38 bits per heavy atom. The van der Waals surface area contributed by atoms with Gasteiger partial charge in [0.1, 0.15) is 5.54 Å². The van der Waals surface area contributed by atoms with Crippen molar-refractivity contribution in [2.75, 3.05) is 6.26 Å². The summed E-state index contributed by atoms with van der Waals surface area (Å²) in [6.45, 7) is 1.66. The topological polar surface area (TPSA) is 106 Å². The van der Waals surface area contributed by atoms with Crippen LogP contribution in [-0.4, -0.2) is 32.4 Å². The summed E-state index contributed by atoms with van der Waals surface area (Å²) in [6.07, 6.45) is 1.63. The van der Waals surface area contributed by atoms with Crippen LogP contribution in [-0.2, 0) is 14.5 Å². The Bertz CT molecular complexity index is 299. The highest BCUT2D eigenvalue weighted by Gasteiger charge is 2.30. The molecule has 0 rings (SSSR count). The van der Waals surface area contributed by atoms with Gasteiger partial charge in [-0.2, -0.15) is 0 Å². The highest BCUT2D eigenvalue weighted by atomic mass is 32.2. The summed E-state index contributed by atoms with van der Waals surface area (Å²) < 4.78 is 11.0. The predicted octanol–water partition coefficient (Wildman–Crippen LogP) is -0.841. The van der Waals surface area contributed by atoms with E-state index in [1.807, 2.05) is 0 Å². The van der Waals surface area contributed by atoms with Crippen LogP contribution in [0.4, 0.5) is 0 Å². The monoisotopic (exact) mass is 208 g/mol. The molecule has 0 aromatic carbocycles. The maximum absolute atomic E-state index is 11.0. The van der Waals surface area contributed by atoms with Gasteiger partial charge in [0.2, 0.25) is 0 Å². The van der Waals surface area contributed by atoms with Crippen LogP contribution >= 0.6 is 0 Å². The minimum atomic E-state index is -2.52. The summed E-state index contributed by atoms with van der Waals surface area (Å²) in [4.78, 5) is 10.7. The first-order valence-corrected chi connectivity index (χ1v) is 5.93. The van der Waals surface area contributed by atoms with Crippen molar-refractivity contribution in [2.45, 2.75) is 25.3 Å². The van der Waals surface area contributed by atoms with Crippen molar-refractivity contribution < 1.29 is 14.1 Å². The SMILES string of the molecule is CCC(N)(CC=S(C)(N)=O)C(=O)O. The fourth-order valence-corrected chi connectivity index (χ4v) is 1.33. The number of carbonyl (C=O) groups is 1. The van der Waals surface area contributed by atoms with Crippen molar-refractivity contribution in [3.8, 4) is 0 Å². The van der Waals surface area contributed by atoms with Gasteiger partial charge in [0.15, 0.2) is 0 Å². The molecule has 0 fully saturated rings. The molecule has 0 heterocycles. The number of hydrogen-bond donors (Lipinski definition) is 3. The Hall–Kier alpha value is -0.590. The number of carboxylic acid groups (broad SMARTS) is 1. The van der Waals surface area contributed by atoms with E-state index >= 15 is 0 Å². The molecule has 0 aromatic rings. The molecule has 5 N–H and O–H groups in total. The van der Waals surface area contributed by atoms with Crippen molar-refractivity contribution in [3.05, 3.63) is 0 Å². The van der Waals surface area contributed by atoms with Crippen LogP contribution < -0.4 is 10.9 Å². The molecular weight excluding hydrogens is 192 g/mol. The number of aliphatic carboxylic acids is 1. The van der Waals surface area contributed by atoms with Crippen LogP contribution in [0.1, 0.15) is 19.8 Å². The van der Waals surface area contributed by atoms with Crippen LogP contribution in [0.3, 0.4) is 0 Å². The first-order chi connectivity index (χ1) is 5.71. The second-order valence-corrected chi connectivity index (χ2v) is 5.42. The van der Waals surface area contributed by atoms with Crippen LogP contribution in [0.15, 0.2) is 0 Å². The summed E-state index contributed by atoms with van der Waals surface area (Å²) in [5, 5.41) is 15.2. The van der Waals surface area contributed by atoms with Crippen LogP contribution in [0.5, 0.6) is 0 Å². The van der Waals surface area contributed by atoms with Gasteiger partial charge in [0.25, 0.3) is 0 Å². The highest BCUT2D eigenvalue weighted by molar-refractivity contribution is 7.98. The fraction of sp³-hybridized carbons (Fsp3) is 0.714. The lowest BCUT2D eigenvalue weighted by Gasteiger charge is -2.20. The average Bonchev–Trinajstić information content (AvgIpc) is 1.98. The third kappa shape index (κ3) is 4.25. The van der Waals surface area contributed by atoms with Crippen molar-refractivity contribution in [1.29, 1.82) is 0 Å². The van der Waals surface area contributed by atoms with Crippen molar-refractivity contribution >= 4 is 21.0 Å². The standard InChI is InChI=1S/C7H16N2O3S/c1-3-7(8,6(10)11)4-5-13(2,9)12/h5H,3-4,8H2,1-2H3,(H2,9,12)(H,10,11). The second kappa shape index (κ2) is 4.08. The van der Waals surface area contributed by atoms with E-state index in [1.165, 1.54) is 11.6 Å². The van der Waals surface area contributed by atoms with Gasteiger partial charge in [-0.25, -0.2) is 0 Å². The highest BCUT2D eigenvalue weighted by Crippen LogP contribution is 2.10. The van der Waals surface area contributed by atoms with E-state index in [2.05, 4.69) is 0 Å². The molecule has 0 aromatic heterocycles. The summed E-state index contributed by atoms with van der Waals surface area (Å²) in [5.74, 6) is -1.10. The molecule has 0 saturated heterocycles. The van der Waals surface area contributed by atoms with Gasteiger partial charge in [-0.05, 0) is 11.8 Å². The van der Waals surface area contributed by atoms with E-state index in [9.17, 15) is 9.00 Å². The maximum atomic E-state index is 11.0. The molecule has 13 heavy (non-hydrogen) atoms. The van der Waals surface area contributed by atoms with Gasteiger partial charge in [0.05, 0.1) is 0 Å². The Balaban J connectivity index is 4.68. The molecule has 0 amide bonds. The van der Waals surface area contributed by atoms with Gasteiger partial charge in [-0.1, -0.05) is 6.92 Å². The number of nitrogens with two attached hydrogens (primary N) is 2. The van der Waals surface area contributed by atoms with E-state index in [0.29, 0.717) is 0 Å². The molecule has 2 unspecified atom stereocenters. The molecule has 0 bridgehead atoms. The van der Waals surface area contributed by atoms with Gasteiger partial charge in [-0.3, -0.25) is 14.1 Å². The normalized spacial score (nSPS) is 20.0. The lowest BCUT2D eigenvalue weighted by molar-refractivity contribution is -0.143. The first kappa shape index (κ1) is 12.4. The maximum Gasteiger partial charge on any atom is 0.324 e. The smallest absolute Gasteiger partial charge is 0.324 e. The third-order valence-electron chi connectivity index (χ3n) is 1.84. The van der Waals surface area contributed by atoms with E-state index in [-0.39, 0.29) is 12.8 Å². The Morgan fingerprint density at radius 2 is 2.15 bits per heavy atom. The summed E-state index contributed by atoms with van der Waals surface area (Å²) >= 11 is 0. The molecular formula is C7H16N2O3S. The molecule has 2 atom stereocenters. The molecule has 0 aliphatic heterocycles. The minimum Gasteiger partial charge on any atom is -0.480 e. The van der Waals surface area contributed by atoms with Gasteiger partial charge in [-0.15, -0.1) is 0 Å². The summed E-state index contributed by atoms with van der Waals surface area (Å²) in [7, 11) is -2.52. The van der Waals surface area contributed by atoms with Crippen LogP contribution in [0, 0.1) is 0 Å². The fourth-order valence-electron chi connectivity index (χ4n) is 0.697. The Morgan fingerprint density at radius 1 is 1.69 bits per heavy atom. The van der Waals surface area contributed by atoms with Gasteiger partial charge in [0, 0.05) is 22.4 Å². The van der Waals surface area contributed by atoms with Crippen molar-refractivity contribution in [2.24, 2.45) is 10.9 Å². The lowest BCUT2D eigenvalue weighted by atomic mass is 9.95. The molecule has 0 aliphatic carbocycles.